The molecular formula is C15H24BrClN2. The molecule has 0 aromatic heterocycles. The maximum atomic E-state index is 5.98. The lowest BCUT2D eigenvalue weighted by atomic mass is 10.1. The van der Waals surface area contributed by atoms with Crippen LogP contribution in [0.3, 0.4) is 0 Å². The highest BCUT2D eigenvalue weighted by atomic mass is 79.9. The molecule has 0 bridgehead atoms. The monoisotopic (exact) mass is 346 g/mol. The van der Waals surface area contributed by atoms with Crippen LogP contribution in [-0.4, -0.2) is 12.6 Å². The average Bonchev–Trinajstić information content (AvgIpc) is 2.41. The molecule has 0 heterocycles. The maximum Gasteiger partial charge on any atom is 0.0549 e. The van der Waals surface area contributed by atoms with Crippen LogP contribution in [0.2, 0.25) is 5.02 Å². The van der Waals surface area contributed by atoms with E-state index in [9.17, 15) is 0 Å². The highest BCUT2D eigenvalue weighted by Gasteiger charge is 2.07. The molecule has 1 aromatic carbocycles. The van der Waals surface area contributed by atoms with Crippen molar-refractivity contribution >= 4 is 33.2 Å². The van der Waals surface area contributed by atoms with Crippen LogP contribution in [0.15, 0.2) is 22.7 Å². The molecule has 1 atom stereocenters. The van der Waals surface area contributed by atoms with Gasteiger partial charge in [0.25, 0.3) is 0 Å². The van der Waals surface area contributed by atoms with Gasteiger partial charge >= 0.3 is 0 Å². The van der Waals surface area contributed by atoms with Gasteiger partial charge in [-0.25, -0.2) is 0 Å². The molecule has 0 spiro atoms. The SMILES string of the molecule is CCCCCCCC(CN)Nc1ccc(Cl)c(Br)c1. The second kappa shape index (κ2) is 9.62. The van der Waals surface area contributed by atoms with E-state index in [1.54, 1.807) is 0 Å². The summed E-state index contributed by atoms with van der Waals surface area (Å²) in [5.74, 6) is 0. The van der Waals surface area contributed by atoms with Crippen LogP contribution >= 0.6 is 27.5 Å². The molecule has 3 N–H and O–H groups in total. The summed E-state index contributed by atoms with van der Waals surface area (Å²) < 4.78 is 0.915. The van der Waals surface area contributed by atoms with Gasteiger partial charge in [0.05, 0.1) is 5.02 Å². The maximum absolute atomic E-state index is 5.98. The van der Waals surface area contributed by atoms with Crippen molar-refractivity contribution in [2.45, 2.75) is 51.5 Å². The zero-order chi connectivity index (χ0) is 14.1. The number of unbranched alkanes of at least 4 members (excludes halogenated alkanes) is 4. The molecule has 0 aliphatic heterocycles. The summed E-state index contributed by atoms with van der Waals surface area (Å²) >= 11 is 9.42. The molecule has 0 aliphatic carbocycles. The van der Waals surface area contributed by atoms with Gasteiger partial charge in [-0.3, -0.25) is 0 Å². The van der Waals surface area contributed by atoms with Gasteiger partial charge in [-0.1, -0.05) is 50.6 Å². The number of hydrogen-bond acceptors (Lipinski definition) is 2. The Kier molecular flexibility index (Phi) is 8.51. The fraction of sp³-hybridized carbons (Fsp3) is 0.600. The van der Waals surface area contributed by atoms with E-state index >= 15 is 0 Å². The number of nitrogens with two attached hydrogens (primary N) is 1. The number of anilines is 1. The highest BCUT2D eigenvalue weighted by molar-refractivity contribution is 9.10. The first-order chi connectivity index (χ1) is 9.17. The van der Waals surface area contributed by atoms with Crippen molar-refractivity contribution < 1.29 is 0 Å². The Morgan fingerprint density at radius 2 is 2.00 bits per heavy atom. The molecule has 4 heteroatoms. The van der Waals surface area contributed by atoms with Gasteiger partial charge in [-0.15, -0.1) is 0 Å². The second-order valence-corrected chi connectivity index (χ2v) is 6.17. The summed E-state index contributed by atoms with van der Waals surface area (Å²) in [5.41, 5.74) is 6.90. The van der Waals surface area contributed by atoms with E-state index in [2.05, 4.69) is 28.2 Å². The molecule has 19 heavy (non-hydrogen) atoms. The third kappa shape index (κ3) is 6.64. The quantitative estimate of drug-likeness (QED) is 0.602. The standard InChI is InChI=1S/C15H24BrClN2/c1-2-3-4-5-6-7-13(11-18)19-12-8-9-15(17)14(16)10-12/h8-10,13,19H,2-7,11,18H2,1H3. The molecule has 0 radical (unpaired) electrons. The molecule has 108 valence electrons. The van der Waals surface area contributed by atoms with Crippen molar-refractivity contribution in [3.8, 4) is 0 Å². The lowest BCUT2D eigenvalue weighted by Gasteiger charge is -2.18. The van der Waals surface area contributed by atoms with Crippen LogP contribution in [0.25, 0.3) is 0 Å². The summed E-state index contributed by atoms with van der Waals surface area (Å²) in [6, 6.07) is 6.23. The van der Waals surface area contributed by atoms with Crippen molar-refractivity contribution in [1.82, 2.24) is 0 Å². The van der Waals surface area contributed by atoms with Gasteiger partial charge in [0.1, 0.15) is 0 Å². The zero-order valence-corrected chi connectivity index (χ0v) is 13.9. The normalized spacial score (nSPS) is 12.4. The van der Waals surface area contributed by atoms with Crippen LogP contribution in [0.1, 0.15) is 45.4 Å². The molecule has 0 fully saturated rings. The van der Waals surface area contributed by atoms with Crippen molar-refractivity contribution in [3.63, 3.8) is 0 Å². The predicted octanol–water partition coefficient (Wildman–Crippen LogP) is 5.20. The van der Waals surface area contributed by atoms with Gasteiger partial charge in [0, 0.05) is 22.7 Å². The highest BCUT2D eigenvalue weighted by Crippen LogP contribution is 2.26. The summed E-state index contributed by atoms with van der Waals surface area (Å²) in [6.45, 7) is 2.90. The van der Waals surface area contributed by atoms with Crippen molar-refractivity contribution in [3.05, 3.63) is 27.7 Å². The molecule has 0 saturated carbocycles. The molecule has 0 aliphatic rings. The first-order valence-corrected chi connectivity index (χ1v) is 8.26. The van der Waals surface area contributed by atoms with E-state index in [-0.39, 0.29) is 0 Å². The molecule has 2 nitrogen and oxygen atoms in total. The summed E-state index contributed by atoms with van der Waals surface area (Å²) in [4.78, 5) is 0. The predicted molar refractivity (Wildman–Crippen MR) is 89.0 cm³/mol. The van der Waals surface area contributed by atoms with Gasteiger partial charge in [0.15, 0.2) is 0 Å². The van der Waals surface area contributed by atoms with E-state index in [0.717, 1.165) is 21.6 Å². The number of benzene rings is 1. The first-order valence-electron chi connectivity index (χ1n) is 7.09. The molecule has 0 saturated heterocycles. The van der Waals surface area contributed by atoms with Crippen molar-refractivity contribution in [2.24, 2.45) is 5.73 Å². The minimum atomic E-state index is 0.342. The topological polar surface area (TPSA) is 38.0 Å². The van der Waals surface area contributed by atoms with E-state index in [1.807, 2.05) is 18.2 Å². The fourth-order valence-corrected chi connectivity index (χ4v) is 2.56. The number of hydrogen-bond donors (Lipinski definition) is 2. The zero-order valence-electron chi connectivity index (χ0n) is 11.6. The molecule has 1 unspecified atom stereocenters. The van der Waals surface area contributed by atoms with E-state index < -0.39 is 0 Å². The van der Waals surface area contributed by atoms with E-state index in [4.69, 9.17) is 17.3 Å². The van der Waals surface area contributed by atoms with Crippen molar-refractivity contribution in [1.29, 1.82) is 0 Å². The van der Waals surface area contributed by atoms with Crippen LogP contribution in [0.5, 0.6) is 0 Å². The van der Waals surface area contributed by atoms with Gasteiger partial charge in [0.2, 0.25) is 0 Å². The molecule has 1 rings (SSSR count). The third-order valence-electron chi connectivity index (χ3n) is 3.23. The van der Waals surface area contributed by atoms with Crippen LogP contribution < -0.4 is 11.1 Å². The van der Waals surface area contributed by atoms with E-state index in [1.165, 1.54) is 32.1 Å². The molecule has 0 amide bonds. The Balaban J connectivity index is 2.36. The lowest BCUT2D eigenvalue weighted by molar-refractivity contribution is 0.563. The second-order valence-electron chi connectivity index (χ2n) is 4.91. The van der Waals surface area contributed by atoms with Gasteiger partial charge in [-0.2, -0.15) is 0 Å². The Labute approximate surface area is 130 Å². The lowest BCUT2D eigenvalue weighted by Crippen LogP contribution is -2.28. The minimum Gasteiger partial charge on any atom is -0.381 e. The third-order valence-corrected chi connectivity index (χ3v) is 4.45. The van der Waals surface area contributed by atoms with Crippen molar-refractivity contribution in [2.75, 3.05) is 11.9 Å². The van der Waals surface area contributed by atoms with Crippen LogP contribution in [-0.2, 0) is 0 Å². The summed E-state index contributed by atoms with van der Waals surface area (Å²) in [5, 5.41) is 4.20. The van der Waals surface area contributed by atoms with Crippen LogP contribution in [0.4, 0.5) is 5.69 Å². The minimum absolute atomic E-state index is 0.342. The number of halogens is 2. The van der Waals surface area contributed by atoms with Gasteiger partial charge < -0.3 is 11.1 Å². The Morgan fingerprint density at radius 1 is 1.26 bits per heavy atom. The van der Waals surface area contributed by atoms with Gasteiger partial charge in [-0.05, 0) is 40.5 Å². The largest absolute Gasteiger partial charge is 0.381 e. The molecular weight excluding hydrogens is 324 g/mol. The summed E-state index contributed by atoms with van der Waals surface area (Å²) in [7, 11) is 0. The Hall–Kier alpha value is -0.250. The summed E-state index contributed by atoms with van der Waals surface area (Å²) in [6.07, 6.45) is 7.63. The van der Waals surface area contributed by atoms with E-state index in [0.29, 0.717) is 12.6 Å². The number of rotatable bonds is 9. The first kappa shape index (κ1) is 16.8. The molecule has 1 aromatic rings. The number of nitrogens with one attached hydrogen (secondary N) is 1. The Bertz CT molecular complexity index is 371. The average molecular weight is 348 g/mol. The Morgan fingerprint density at radius 3 is 2.63 bits per heavy atom. The van der Waals surface area contributed by atoms with Crippen LogP contribution in [0, 0.1) is 0 Å². The smallest absolute Gasteiger partial charge is 0.0549 e. The fourth-order valence-electron chi connectivity index (χ4n) is 2.06.